The van der Waals surface area contributed by atoms with Crippen LogP contribution in [0.15, 0.2) is 67.3 Å². The molecule has 0 amide bonds. The largest absolute Gasteiger partial charge is 0.327 e. The van der Waals surface area contributed by atoms with Crippen LogP contribution < -0.4 is 5.73 Å². The van der Waals surface area contributed by atoms with E-state index in [1.807, 2.05) is 59.3 Å². The summed E-state index contributed by atoms with van der Waals surface area (Å²) in [5.41, 5.74) is 9.39. The summed E-state index contributed by atoms with van der Waals surface area (Å²) in [6, 6.07) is 15.8. The summed E-state index contributed by atoms with van der Waals surface area (Å²) in [4.78, 5) is 8.56. The second-order valence-electron chi connectivity index (χ2n) is 4.66. The molecule has 2 heterocycles. The van der Waals surface area contributed by atoms with E-state index in [0.717, 1.165) is 17.0 Å². The SMILES string of the molecule is NC(c1ccccc1)c1cncn1Cc1ccccn1. The zero-order valence-electron chi connectivity index (χ0n) is 11.1. The van der Waals surface area contributed by atoms with E-state index in [1.165, 1.54) is 0 Å². The van der Waals surface area contributed by atoms with Crippen LogP contribution >= 0.6 is 0 Å². The first-order valence-electron chi connectivity index (χ1n) is 6.55. The fraction of sp³-hybridized carbons (Fsp3) is 0.125. The molecule has 2 aromatic heterocycles. The Bertz CT molecular complexity index is 661. The quantitative estimate of drug-likeness (QED) is 0.787. The first-order chi connectivity index (χ1) is 9.84. The molecule has 0 fully saturated rings. The molecule has 0 aliphatic carbocycles. The second-order valence-corrected chi connectivity index (χ2v) is 4.66. The van der Waals surface area contributed by atoms with Gasteiger partial charge in [-0.25, -0.2) is 4.98 Å². The summed E-state index contributed by atoms with van der Waals surface area (Å²) < 4.78 is 2.04. The molecular formula is C16H16N4. The van der Waals surface area contributed by atoms with Crippen LogP contribution in [-0.4, -0.2) is 14.5 Å². The van der Waals surface area contributed by atoms with E-state index in [0.29, 0.717) is 6.54 Å². The molecule has 3 rings (SSSR count). The minimum atomic E-state index is -0.178. The van der Waals surface area contributed by atoms with Crippen LogP contribution in [0.5, 0.6) is 0 Å². The van der Waals surface area contributed by atoms with Crippen molar-refractivity contribution in [1.29, 1.82) is 0 Å². The third kappa shape index (κ3) is 2.60. The van der Waals surface area contributed by atoms with Crippen molar-refractivity contribution in [2.45, 2.75) is 12.6 Å². The van der Waals surface area contributed by atoms with E-state index in [4.69, 9.17) is 5.73 Å². The topological polar surface area (TPSA) is 56.7 Å². The molecule has 20 heavy (non-hydrogen) atoms. The van der Waals surface area contributed by atoms with Crippen molar-refractivity contribution in [2.75, 3.05) is 0 Å². The van der Waals surface area contributed by atoms with E-state index in [1.54, 1.807) is 12.5 Å². The van der Waals surface area contributed by atoms with Gasteiger partial charge in [0.1, 0.15) is 0 Å². The van der Waals surface area contributed by atoms with Gasteiger partial charge in [-0.3, -0.25) is 4.98 Å². The highest BCUT2D eigenvalue weighted by Crippen LogP contribution is 2.19. The molecule has 1 atom stereocenters. The summed E-state index contributed by atoms with van der Waals surface area (Å²) >= 11 is 0. The Morgan fingerprint density at radius 1 is 1.05 bits per heavy atom. The van der Waals surface area contributed by atoms with Gasteiger partial charge in [0.05, 0.1) is 36.5 Å². The van der Waals surface area contributed by atoms with E-state index in [2.05, 4.69) is 9.97 Å². The van der Waals surface area contributed by atoms with Gasteiger partial charge in [0.25, 0.3) is 0 Å². The number of hydrogen-bond donors (Lipinski definition) is 1. The molecule has 1 unspecified atom stereocenters. The van der Waals surface area contributed by atoms with Crippen LogP contribution in [0.2, 0.25) is 0 Å². The molecule has 0 spiro atoms. The van der Waals surface area contributed by atoms with Crippen LogP contribution in [0, 0.1) is 0 Å². The van der Waals surface area contributed by atoms with E-state index >= 15 is 0 Å². The van der Waals surface area contributed by atoms with Crippen LogP contribution in [0.25, 0.3) is 0 Å². The smallest absolute Gasteiger partial charge is 0.0952 e. The van der Waals surface area contributed by atoms with Crippen molar-refractivity contribution in [1.82, 2.24) is 14.5 Å². The standard InChI is InChI=1S/C16H16N4/c17-16(13-6-2-1-3-7-13)15-10-18-12-20(15)11-14-8-4-5-9-19-14/h1-10,12,16H,11,17H2. The molecule has 0 saturated heterocycles. The maximum Gasteiger partial charge on any atom is 0.0952 e. The van der Waals surface area contributed by atoms with Gasteiger partial charge < -0.3 is 10.3 Å². The molecule has 0 bridgehead atoms. The van der Waals surface area contributed by atoms with E-state index < -0.39 is 0 Å². The second kappa shape index (κ2) is 5.67. The number of nitrogens with zero attached hydrogens (tertiary/aromatic N) is 3. The van der Waals surface area contributed by atoms with Gasteiger partial charge in [0, 0.05) is 6.20 Å². The van der Waals surface area contributed by atoms with E-state index in [-0.39, 0.29) is 6.04 Å². The number of hydrogen-bond acceptors (Lipinski definition) is 3. The highest BCUT2D eigenvalue weighted by atomic mass is 15.1. The van der Waals surface area contributed by atoms with Crippen LogP contribution in [0.1, 0.15) is 23.0 Å². The Labute approximate surface area is 117 Å². The van der Waals surface area contributed by atoms with Gasteiger partial charge in [-0.1, -0.05) is 36.4 Å². The van der Waals surface area contributed by atoms with Gasteiger partial charge >= 0.3 is 0 Å². The lowest BCUT2D eigenvalue weighted by Gasteiger charge is -2.14. The number of nitrogens with two attached hydrogens (primary N) is 1. The fourth-order valence-corrected chi connectivity index (χ4v) is 2.22. The van der Waals surface area contributed by atoms with Crippen molar-refractivity contribution < 1.29 is 0 Å². The van der Waals surface area contributed by atoms with Crippen molar-refractivity contribution in [3.63, 3.8) is 0 Å². The summed E-state index contributed by atoms with van der Waals surface area (Å²) in [6.07, 6.45) is 5.41. The van der Waals surface area contributed by atoms with Crippen LogP contribution in [-0.2, 0) is 6.54 Å². The Balaban J connectivity index is 1.87. The molecule has 0 radical (unpaired) electrons. The third-order valence-electron chi connectivity index (χ3n) is 3.28. The molecule has 0 aliphatic rings. The van der Waals surface area contributed by atoms with Gasteiger partial charge in [-0.05, 0) is 17.7 Å². The zero-order chi connectivity index (χ0) is 13.8. The first-order valence-corrected chi connectivity index (χ1v) is 6.55. The molecule has 4 heteroatoms. The number of imidazole rings is 1. The predicted octanol–water partition coefficient (Wildman–Crippen LogP) is 2.37. The van der Waals surface area contributed by atoms with Crippen LogP contribution in [0.3, 0.4) is 0 Å². The van der Waals surface area contributed by atoms with Crippen molar-refractivity contribution in [2.24, 2.45) is 5.73 Å². The highest BCUT2D eigenvalue weighted by molar-refractivity contribution is 5.26. The van der Waals surface area contributed by atoms with Crippen molar-refractivity contribution in [3.8, 4) is 0 Å². The Kier molecular flexibility index (Phi) is 3.56. The third-order valence-corrected chi connectivity index (χ3v) is 3.28. The molecular weight excluding hydrogens is 248 g/mol. The minimum Gasteiger partial charge on any atom is -0.327 e. The predicted molar refractivity (Wildman–Crippen MR) is 78.0 cm³/mol. The van der Waals surface area contributed by atoms with Gasteiger partial charge in [0.2, 0.25) is 0 Å². The molecule has 100 valence electrons. The van der Waals surface area contributed by atoms with Gasteiger partial charge in [-0.2, -0.15) is 0 Å². The summed E-state index contributed by atoms with van der Waals surface area (Å²) in [7, 11) is 0. The minimum absolute atomic E-state index is 0.178. The maximum atomic E-state index is 6.33. The van der Waals surface area contributed by atoms with Gasteiger partial charge in [0.15, 0.2) is 0 Å². The molecule has 2 N–H and O–H groups in total. The van der Waals surface area contributed by atoms with Crippen molar-refractivity contribution in [3.05, 3.63) is 84.2 Å². The normalized spacial score (nSPS) is 12.2. The maximum absolute atomic E-state index is 6.33. The Hall–Kier alpha value is -2.46. The molecule has 0 saturated carbocycles. The lowest BCUT2D eigenvalue weighted by atomic mass is 10.1. The average molecular weight is 264 g/mol. The van der Waals surface area contributed by atoms with E-state index in [9.17, 15) is 0 Å². The highest BCUT2D eigenvalue weighted by Gasteiger charge is 2.13. The molecule has 1 aromatic carbocycles. The summed E-state index contributed by atoms with van der Waals surface area (Å²) in [5, 5.41) is 0. The summed E-state index contributed by atoms with van der Waals surface area (Å²) in [6.45, 7) is 0.677. The number of aromatic nitrogens is 3. The Morgan fingerprint density at radius 2 is 1.85 bits per heavy atom. The lowest BCUT2D eigenvalue weighted by molar-refractivity contribution is 0.685. The molecule has 4 nitrogen and oxygen atoms in total. The van der Waals surface area contributed by atoms with Gasteiger partial charge in [-0.15, -0.1) is 0 Å². The molecule has 3 aromatic rings. The first kappa shape index (κ1) is 12.6. The average Bonchev–Trinajstić information content (AvgIpc) is 2.96. The molecule has 0 aliphatic heterocycles. The summed E-state index contributed by atoms with van der Waals surface area (Å²) in [5.74, 6) is 0. The zero-order valence-corrected chi connectivity index (χ0v) is 11.1. The van der Waals surface area contributed by atoms with Crippen molar-refractivity contribution >= 4 is 0 Å². The lowest BCUT2D eigenvalue weighted by Crippen LogP contribution is -2.17. The number of benzene rings is 1. The Morgan fingerprint density at radius 3 is 2.60 bits per heavy atom. The van der Waals surface area contributed by atoms with Crippen LogP contribution in [0.4, 0.5) is 0 Å². The number of pyridine rings is 1. The fourth-order valence-electron chi connectivity index (χ4n) is 2.22. The monoisotopic (exact) mass is 264 g/mol. The number of rotatable bonds is 4.